The van der Waals surface area contributed by atoms with Crippen LogP contribution in [0, 0.1) is 11.3 Å². The second kappa shape index (κ2) is 5.51. The van der Waals surface area contributed by atoms with E-state index in [9.17, 15) is 9.59 Å². The van der Waals surface area contributed by atoms with Crippen LogP contribution in [0.25, 0.3) is 0 Å². The number of nitrogens with zero attached hydrogens (tertiary/aromatic N) is 1. The molecule has 1 aromatic rings. The molecule has 0 saturated carbocycles. The lowest BCUT2D eigenvalue weighted by Crippen LogP contribution is -2.12. The molecule has 0 aliphatic rings. The van der Waals surface area contributed by atoms with Gasteiger partial charge in [0.2, 0.25) is 5.91 Å². The summed E-state index contributed by atoms with van der Waals surface area (Å²) in [6.45, 7) is 0. The van der Waals surface area contributed by atoms with Gasteiger partial charge in [-0.3, -0.25) is 4.79 Å². The van der Waals surface area contributed by atoms with E-state index < -0.39 is 11.9 Å². The molecule has 17 heavy (non-hydrogen) atoms. The Morgan fingerprint density at radius 2 is 2.24 bits per heavy atom. The maximum atomic E-state index is 11.3. The lowest BCUT2D eigenvalue weighted by Gasteiger charge is -2.08. The average Bonchev–Trinajstić information content (AvgIpc) is 2.31. The molecule has 1 amide bonds. The number of carbonyl (C=O) groups excluding carboxylic acids is 2. The minimum Gasteiger partial charge on any atom is -0.465 e. The number of anilines is 2. The Bertz CT molecular complexity index is 491. The van der Waals surface area contributed by atoms with Crippen molar-refractivity contribution < 1.29 is 14.3 Å². The van der Waals surface area contributed by atoms with Crippen LogP contribution in [-0.2, 0) is 9.53 Å². The minimum atomic E-state index is -0.527. The van der Waals surface area contributed by atoms with Crippen molar-refractivity contribution in [3.63, 3.8) is 0 Å². The third-order valence-corrected chi connectivity index (χ3v) is 1.99. The molecule has 0 fully saturated rings. The van der Waals surface area contributed by atoms with Crippen molar-refractivity contribution in [1.29, 1.82) is 5.26 Å². The Labute approximate surface area is 98.0 Å². The molecule has 0 saturated heterocycles. The van der Waals surface area contributed by atoms with E-state index in [1.165, 1.54) is 25.3 Å². The van der Waals surface area contributed by atoms with Crippen LogP contribution in [0.1, 0.15) is 16.8 Å². The van der Waals surface area contributed by atoms with Gasteiger partial charge in [0.15, 0.2) is 0 Å². The number of amides is 1. The Morgan fingerprint density at radius 1 is 1.53 bits per heavy atom. The number of nitrogens with one attached hydrogen (secondary N) is 1. The fourth-order valence-corrected chi connectivity index (χ4v) is 1.18. The van der Waals surface area contributed by atoms with E-state index in [-0.39, 0.29) is 17.7 Å². The second-order valence-corrected chi connectivity index (χ2v) is 3.18. The molecule has 0 radical (unpaired) electrons. The summed E-state index contributed by atoms with van der Waals surface area (Å²) in [5.41, 5.74) is 6.49. The first-order valence-corrected chi connectivity index (χ1v) is 4.73. The van der Waals surface area contributed by atoms with E-state index in [2.05, 4.69) is 10.1 Å². The fraction of sp³-hybridized carbons (Fsp3) is 0.182. The first kappa shape index (κ1) is 12.5. The van der Waals surface area contributed by atoms with E-state index in [4.69, 9.17) is 11.0 Å². The van der Waals surface area contributed by atoms with E-state index in [0.717, 1.165) is 0 Å². The highest BCUT2D eigenvalue weighted by Gasteiger charge is 2.10. The molecular weight excluding hydrogens is 222 g/mol. The largest absolute Gasteiger partial charge is 0.465 e. The lowest BCUT2D eigenvalue weighted by atomic mass is 10.1. The zero-order valence-electron chi connectivity index (χ0n) is 9.19. The molecule has 0 unspecified atom stereocenters. The molecule has 0 aliphatic heterocycles. The number of rotatable bonds is 3. The van der Waals surface area contributed by atoms with E-state index in [1.54, 1.807) is 6.07 Å². The van der Waals surface area contributed by atoms with Crippen molar-refractivity contribution in [1.82, 2.24) is 0 Å². The third kappa shape index (κ3) is 3.21. The average molecular weight is 233 g/mol. The molecule has 3 N–H and O–H groups in total. The van der Waals surface area contributed by atoms with Crippen LogP contribution in [0.15, 0.2) is 18.2 Å². The number of benzene rings is 1. The molecule has 6 heteroatoms. The minimum absolute atomic E-state index is 0.272. The number of ether oxygens (including phenoxy) is 1. The van der Waals surface area contributed by atoms with Crippen LogP contribution in [-0.4, -0.2) is 19.0 Å². The van der Waals surface area contributed by atoms with Gasteiger partial charge in [-0.1, -0.05) is 0 Å². The summed E-state index contributed by atoms with van der Waals surface area (Å²) in [6.07, 6.45) is -0.276. The number of nitrogens with two attached hydrogens (primary N) is 1. The molecular formula is C11H11N3O3. The molecule has 88 valence electrons. The van der Waals surface area contributed by atoms with Crippen molar-refractivity contribution >= 4 is 23.3 Å². The Hall–Kier alpha value is -2.55. The van der Waals surface area contributed by atoms with Gasteiger partial charge in [-0.2, -0.15) is 5.26 Å². The van der Waals surface area contributed by atoms with Crippen LogP contribution in [0.4, 0.5) is 11.4 Å². The number of nitrogen functional groups attached to an aromatic ring is 1. The first-order chi connectivity index (χ1) is 8.08. The molecule has 0 aliphatic carbocycles. The van der Waals surface area contributed by atoms with Gasteiger partial charge in [0.25, 0.3) is 0 Å². The maximum Gasteiger partial charge on any atom is 0.337 e. The highest BCUT2D eigenvalue weighted by molar-refractivity contribution is 5.98. The van der Waals surface area contributed by atoms with Gasteiger partial charge in [-0.05, 0) is 18.2 Å². The van der Waals surface area contributed by atoms with Gasteiger partial charge in [0.05, 0.1) is 30.1 Å². The smallest absolute Gasteiger partial charge is 0.337 e. The molecule has 0 aromatic heterocycles. The summed E-state index contributed by atoms with van der Waals surface area (Å²) in [7, 11) is 1.26. The van der Waals surface area contributed by atoms with Gasteiger partial charge in [-0.25, -0.2) is 4.79 Å². The van der Waals surface area contributed by atoms with Gasteiger partial charge in [0, 0.05) is 0 Å². The number of methoxy groups -OCH3 is 1. The topological polar surface area (TPSA) is 105 Å². The molecule has 1 rings (SSSR count). The van der Waals surface area contributed by atoms with Crippen molar-refractivity contribution in [3.8, 4) is 6.07 Å². The highest BCUT2D eigenvalue weighted by atomic mass is 16.5. The van der Waals surface area contributed by atoms with Crippen molar-refractivity contribution in [2.45, 2.75) is 6.42 Å². The van der Waals surface area contributed by atoms with Crippen LogP contribution in [0.3, 0.4) is 0 Å². The van der Waals surface area contributed by atoms with E-state index in [1.807, 2.05) is 0 Å². The molecule has 0 atom stereocenters. The Morgan fingerprint density at radius 3 is 2.82 bits per heavy atom. The Kier molecular flexibility index (Phi) is 4.06. The maximum absolute atomic E-state index is 11.3. The zero-order valence-corrected chi connectivity index (χ0v) is 9.19. The molecule has 0 heterocycles. The molecule has 0 spiro atoms. The second-order valence-electron chi connectivity index (χ2n) is 3.18. The quantitative estimate of drug-likeness (QED) is 0.596. The summed E-state index contributed by atoms with van der Waals surface area (Å²) in [6, 6.07) is 6.08. The first-order valence-electron chi connectivity index (χ1n) is 4.73. The Balaban J connectivity index is 2.95. The van der Waals surface area contributed by atoms with E-state index in [0.29, 0.717) is 5.69 Å². The van der Waals surface area contributed by atoms with Crippen LogP contribution in [0.5, 0.6) is 0 Å². The summed E-state index contributed by atoms with van der Waals surface area (Å²) < 4.78 is 4.54. The summed E-state index contributed by atoms with van der Waals surface area (Å²) >= 11 is 0. The van der Waals surface area contributed by atoms with Crippen LogP contribution >= 0.6 is 0 Å². The fourth-order valence-electron chi connectivity index (χ4n) is 1.18. The summed E-state index contributed by atoms with van der Waals surface area (Å²) in [5, 5.41) is 10.8. The standard InChI is InChI=1S/C11H11N3O3/c1-17-11(16)7-2-3-8(13)9(6-7)14-10(15)4-5-12/h2-3,6H,4,13H2,1H3,(H,14,15). The SMILES string of the molecule is COC(=O)c1ccc(N)c(NC(=O)CC#N)c1. The lowest BCUT2D eigenvalue weighted by molar-refractivity contribution is -0.115. The number of hydrogen-bond acceptors (Lipinski definition) is 5. The molecule has 1 aromatic carbocycles. The van der Waals surface area contributed by atoms with Crippen molar-refractivity contribution in [2.24, 2.45) is 0 Å². The summed E-state index contributed by atoms with van der Waals surface area (Å²) in [5.74, 6) is -1.01. The zero-order chi connectivity index (χ0) is 12.8. The predicted molar refractivity (Wildman–Crippen MR) is 61.1 cm³/mol. The normalized spacial score (nSPS) is 9.18. The van der Waals surface area contributed by atoms with E-state index >= 15 is 0 Å². The number of hydrogen-bond donors (Lipinski definition) is 2. The third-order valence-electron chi connectivity index (χ3n) is 1.99. The van der Waals surface area contributed by atoms with Crippen LogP contribution in [0.2, 0.25) is 0 Å². The van der Waals surface area contributed by atoms with Crippen molar-refractivity contribution in [2.75, 3.05) is 18.2 Å². The number of carbonyl (C=O) groups is 2. The van der Waals surface area contributed by atoms with Gasteiger partial charge in [-0.15, -0.1) is 0 Å². The van der Waals surface area contributed by atoms with Gasteiger partial charge < -0.3 is 15.8 Å². The van der Waals surface area contributed by atoms with Crippen LogP contribution < -0.4 is 11.1 Å². The number of esters is 1. The molecule has 0 bridgehead atoms. The van der Waals surface area contributed by atoms with Crippen molar-refractivity contribution in [3.05, 3.63) is 23.8 Å². The molecule has 6 nitrogen and oxygen atoms in total. The van der Waals surface area contributed by atoms with Gasteiger partial charge in [0.1, 0.15) is 6.42 Å². The van der Waals surface area contributed by atoms with Gasteiger partial charge >= 0.3 is 5.97 Å². The highest BCUT2D eigenvalue weighted by Crippen LogP contribution is 2.20. The summed E-state index contributed by atoms with van der Waals surface area (Å²) in [4.78, 5) is 22.5. The number of nitriles is 1. The predicted octanol–water partition coefficient (Wildman–Crippen LogP) is 0.908. The monoisotopic (exact) mass is 233 g/mol.